The number of aryl methyl sites for hydroxylation is 1. The number of rotatable bonds is 18. The zero-order valence-corrected chi connectivity index (χ0v) is 33.3. The number of carbonyl (C=O) groups excluding carboxylic acids is 5. The lowest BCUT2D eigenvalue weighted by Gasteiger charge is -2.31. The normalized spacial score (nSPS) is 18.1. The van der Waals surface area contributed by atoms with Crippen molar-refractivity contribution in [3.8, 4) is 0 Å². The maximum atomic E-state index is 14.7. The number of carbonyl (C=O) groups is 5. The van der Waals surface area contributed by atoms with Gasteiger partial charge in [-0.2, -0.15) is 0 Å². The van der Waals surface area contributed by atoms with Crippen molar-refractivity contribution < 1.29 is 37.9 Å². The van der Waals surface area contributed by atoms with E-state index >= 15 is 0 Å². The van der Waals surface area contributed by atoms with Gasteiger partial charge in [0.05, 0.1) is 12.6 Å². The minimum atomic E-state index is -1.07. The number of aromatic nitrogens is 1. The van der Waals surface area contributed by atoms with Crippen LogP contribution in [0.1, 0.15) is 86.5 Å². The Hall–Kier alpha value is -5.56. The van der Waals surface area contributed by atoms with Gasteiger partial charge in [0.25, 0.3) is 5.89 Å². The molecule has 6 rings (SSSR count). The van der Waals surface area contributed by atoms with Crippen LogP contribution in [0.15, 0.2) is 89.3 Å². The predicted molar refractivity (Wildman–Crippen MR) is 218 cm³/mol. The molecule has 2 fully saturated rings. The summed E-state index contributed by atoms with van der Waals surface area (Å²) < 4.78 is 17.4. The summed E-state index contributed by atoms with van der Waals surface area (Å²) in [5.74, 6) is -1.57. The zero-order valence-electron chi connectivity index (χ0n) is 33.3. The predicted octanol–water partition coefficient (Wildman–Crippen LogP) is 6.87. The summed E-state index contributed by atoms with van der Waals surface area (Å²) in [6.45, 7) is 3.68. The molecule has 13 nitrogen and oxygen atoms in total. The fourth-order valence-corrected chi connectivity index (χ4v) is 7.88. The van der Waals surface area contributed by atoms with Crippen molar-refractivity contribution in [1.82, 2.24) is 20.1 Å². The van der Waals surface area contributed by atoms with E-state index in [4.69, 9.17) is 19.6 Å². The quantitative estimate of drug-likeness (QED) is 0.0799. The Morgan fingerprint density at radius 3 is 2.28 bits per heavy atom. The number of unbranched alkanes of at least 4 members (excludes halogenated alkanes) is 1. The Bertz CT molecular complexity index is 1950. The number of hydrogen-bond acceptors (Lipinski definition) is 10. The standard InChI is InChI=1S/C45H55N5O8/c1-2-31-22-25-49(26-23-31)45(55)57-35-28-38(39(51)27-34(17-11-12-24-46)41(52)42-47-36-18-9-10-19-40(36)58-42)50(29-35)43(53)37(21-20-32-13-5-3-6-14-32)48-44(54)56-30-33-15-7-4-8-16-33/h3-10,13-16,18-19,31,34-35,37-38H,2,11-12,17,20-30,46H2,1H3,(H,48,54)/t34-,35-,37-,38+/m1/s1. The maximum absolute atomic E-state index is 14.7. The molecule has 0 radical (unpaired) electrons. The Morgan fingerprint density at radius 1 is 0.897 bits per heavy atom. The Kier molecular flexibility index (Phi) is 15.0. The number of benzene rings is 3. The summed E-state index contributed by atoms with van der Waals surface area (Å²) in [5, 5.41) is 2.77. The van der Waals surface area contributed by atoms with E-state index in [0.717, 1.165) is 30.4 Å². The zero-order chi connectivity index (χ0) is 40.9. The number of nitrogens with zero attached hydrogens (tertiary/aromatic N) is 3. The van der Waals surface area contributed by atoms with Gasteiger partial charge in [0.15, 0.2) is 11.4 Å². The SMILES string of the molecule is CCC1CCN(C(=O)O[C@@H]2C[C@@H](C(=O)C[C@@H](CCCCN)C(=O)c3nc4ccccc4o3)N(C(=O)[C@@H](CCc3ccccc3)NC(=O)OCc3ccccc3)C2)CC1. The summed E-state index contributed by atoms with van der Waals surface area (Å²) in [6, 6.07) is 23.8. The van der Waals surface area contributed by atoms with E-state index < -0.39 is 48.0 Å². The molecular weight excluding hydrogens is 739 g/mol. The number of ether oxygens (including phenoxy) is 2. The van der Waals surface area contributed by atoms with Crippen molar-refractivity contribution in [2.24, 2.45) is 17.6 Å². The van der Waals surface area contributed by atoms with Gasteiger partial charge in [0.1, 0.15) is 24.3 Å². The number of piperidine rings is 1. The first-order chi connectivity index (χ1) is 28.2. The minimum absolute atomic E-state index is 0.00425. The van der Waals surface area contributed by atoms with Crippen molar-refractivity contribution in [3.63, 3.8) is 0 Å². The number of para-hydroxylation sites is 2. The van der Waals surface area contributed by atoms with Crippen LogP contribution >= 0.6 is 0 Å². The lowest BCUT2D eigenvalue weighted by molar-refractivity contribution is -0.139. The van der Waals surface area contributed by atoms with Crippen molar-refractivity contribution in [2.75, 3.05) is 26.2 Å². The lowest BCUT2D eigenvalue weighted by atomic mass is 9.89. The molecule has 3 heterocycles. The summed E-state index contributed by atoms with van der Waals surface area (Å²) in [6.07, 6.45) is 2.93. The fourth-order valence-electron chi connectivity index (χ4n) is 7.88. The molecule has 4 atom stereocenters. The highest BCUT2D eigenvalue weighted by molar-refractivity contribution is 6.00. The molecule has 0 unspecified atom stereocenters. The second-order valence-electron chi connectivity index (χ2n) is 15.4. The second kappa shape index (κ2) is 20.7. The molecule has 3 N–H and O–H groups in total. The fraction of sp³-hybridized carbons (Fsp3) is 0.467. The van der Waals surface area contributed by atoms with Gasteiger partial charge in [-0.25, -0.2) is 14.6 Å². The van der Waals surface area contributed by atoms with E-state index in [1.54, 1.807) is 29.2 Å². The van der Waals surface area contributed by atoms with Crippen LogP contribution in [-0.2, 0) is 32.1 Å². The van der Waals surface area contributed by atoms with Crippen LogP contribution in [-0.4, -0.2) is 88.8 Å². The van der Waals surface area contributed by atoms with Crippen LogP contribution in [0.4, 0.5) is 9.59 Å². The maximum Gasteiger partial charge on any atom is 0.410 e. The number of fused-ring (bicyclic) bond motifs is 1. The van der Waals surface area contributed by atoms with E-state index in [1.807, 2.05) is 60.7 Å². The molecule has 2 saturated heterocycles. The average molecular weight is 794 g/mol. The lowest BCUT2D eigenvalue weighted by Crippen LogP contribution is -2.52. The summed E-state index contributed by atoms with van der Waals surface area (Å²) in [4.78, 5) is 77.4. The highest BCUT2D eigenvalue weighted by atomic mass is 16.6. The van der Waals surface area contributed by atoms with Crippen LogP contribution in [0.3, 0.4) is 0 Å². The molecule has 0 saturated carbocycles. The topological polar surface area (TPSA) is 174 Å². The van der Waals surface area contributed by atoms with E-state index in [1.165, 1.54) is 4.90 Å². The Labute approximate surface area is 339 Å². The van der Waals surface area contributed by atoms with Crippen LogP contribution in [0.2, 0.25) is 0 Å². The summed E-state index contributed by atoms with van der Waals surface area (Å²) in [7, 11) is 0. The molecule has 0 bridgehead atoms. The van der Waals surface area contributed by atoms with Crippen molar-refractivity contribution in [2.45, 2.75) is 95.9 Å². The third-order valence-electron chi connectivity index (χ3n) is 11.3. The molecule has 0 spiro atoms. The number of nitrogens with one attached hydrogen (secondary N) is 1. The Balaban J connectivity index is 1.23. The number of hydrogen-bond donors (Lipinski definition) is 2. The highest BCUT2D eigenvalue weighted by Gasteiger charge is 2.45. The smallest absolute Gasteiger partial charge is 0.410 e. The molecule has 58 heavy (non-hydrogen) atoms. The molecule has 13 heteroatoms. The van der Waals surface area contributed by atoms with Gasteiger partial charge in [0.2, 0.25) is 11.7 Å². The highest BCUT2D eigenvalue weighted by Crippen LogP contribution is 2.30. The van der Waals surface area contributed by atoms with Crippen molar-refractivity contribution in [1.29, 1.82) is 0 Å². The van der Waals surface area contributed by atoms with Crippen LogP contribution in [0.5, 0.6) is 0 Å². The Morgan fingerprint density at radius 2 is 1.59 bits per heavy atom. The first-order valence-electron chi connectivity index (χ1n) is 20.6. The van der Waals surface area contributed by atoms with E-state index in [0.29, 0.717) is 62.3 Å². The number of oxazole rings is 1. The molecule has 2 aliphatic heterocycles. The molecule has 0 aliphatic carbocycles. The van der Waals surface area contributed by atoms with Gasteiger partial charge in [-0.1, -0.05) is 92.6 Å². The first-order valence-corrected chi connectivity index (χ1v) is 20.6. The molecule has 3 aromatic carbocycles. The van der Waals surface area contributed by atoms with E-state index in [9.17, 15) is 24.0 Å². The molecule has 308 valence electrons. The van der Waals surface area contributed by atoms with Gasteiger partial charge in [-0.05, 0) is 74.2 Å². The first kappa shape index (κ1) is 42.1. The van der Waals surface area contributed by atoms with Crippen molar-refractivity contribution in [3.05, 3.63) is 102 Å². The summed E-state index contributed by atoms with van der Waals surface area (Å²) >= 11 is 0. The van der Waals surface area contributed by atoms with Gasteiger partial charge >= 0.3 is 12.2 Å². The molecule has 2 aliphatic rings. The number of ketones is 2. The summed E-state index contributed by atoms with van der Waals surface area (Å²) in [5.41, 5.74) is 8.53. The molecule has 1 aromatic heterocycles. The third-order valence-corrected chi connectivity index (χ3v) is 11.3. The second-order valence-corrected chi connectivity index (χ2v) is 15.4. The minimum Gasteiger partial charge on any atom is -0.445 e. The van der Waals surface area contributed by atoms with Crippen LogP contribution < -0.4 is 11.1 Å². The average Bonchev–Trinajstić information content (AvgIpc) is 3.89. The van der Waals surface area contributed by atoms with Crippen LogP contribution in [0, 0.1) is 11.8 Å². The molecule has 4 aromatic rings. The van der Waals surface area contributed by atoms with Gasteiger partial charge in [-0.3, -0.25) is 14.4 Å². The molecular formula is C45H55N5O8. The largest absolute Gasteiger partial charge is 0.445 e. The number of Topliss-reactive ketones (excluding diaryl/α,β-unsaturated/α-hetero) is 2. The third kappa shape index (κ3) is 11.3. The number of nitrogens with two attached hydrogens (primary N) is 1. The molecule has 3 amide bonds. The number of alkyl carbamates (subject to hydrolysis) is 1. The van der Waals surface area contributed by atoms with E-state index in [-0.39, 0.29) is 44.1 Å². The van der Waals surface area contributed by atoms with Gasteiger partial charge in [0, 0.05) is 31.8 Å². The number of amides is 3. The van der Waals surface area contributed by atoms with Crippen molar-refractivity contribution >= 4 is 40.8 Å². The van der Waals surface area contributed by atoms with E-state index in [2.05, 4.69) is 17.2 Å². The van der Waals surface area contributed by atoms with Gasteiger partial charge < -0.3 is 34.7 Å². The van der Waals surface area contributed by atoms with Crippen LogP contribution in [0.25, 0.3) is 11.1 Å². The monoisotopic (exact) mass is 793 g/mol. The number of likely N-dealkylation sites (tertiary alicyclic amines) is 2. The van der Waals surface area contributed by atoms with Gasteiger partial charge in [-0.15, -0.1) is 0 Å².